The first-order valence-corrected chi connectivity index (χ1v) is 7.73. The molecule has 1 aliphatic rings. The molecule has 0 aromatic carbocycles. The van der Waals surface area contributed by atoms with Crippen LogP contribution in [-0.4, -0.2) is 42.7 Å². The first-order valence-electron chi connectivity index (χ1n) is 6.29. The number of nitrogens with one attached hydrogen (secondary N) is 1. The average Bonchev–Trinajstić information content (AvgIpc) is 2.82. The third-order valence-corrected chi connectivity index (χ3v) is 4.83. The molecule has 8 heteroatoms. The molecule has 0 amide bonds. The predicted octanol–water partition coefficient (Wildman–Crippen LogP) is 0.0217. The van der Waals surface area contributed by atoms with Gasteiger partial charge in [-0.15, -0.1) is 0 Å². The normalized spacial score (nSPS) is 18.8. The van der Waals surface area contributed by atoms with Gasteiger partial charge in [-0.3, -0.25) is 0 Å². The van der Waals surface area contributed by atoms with Crippen molar-refractivity contribution in [2.75, 3.05) is 19.7 Å². The van der Waals surface area contributed by atoms with Crippen molar-refractivity contribution < 1.29 is 18.0 Å². The van der Waals surface area contributed by atoms with Crippen LogP contribution in [-0.2, 0) is 16.8 Å². The summed E-state index contributed by atoms with van der Waals surface area (Å²) in [6.45, 7) is 2.88. The highest BCUT2D eigenvalue weighted by Crippen LogP contribution is 2.18. The fraction of sp³-hybridized carbons (Fsp3) is 0.727. The maximum absolute atomic E-state index is 12.1. The Morgan fingerprint density at radius 3 is 2.74 bits per heavy atom. The van der Waals surface area contributed by atoms with Gasteiger partial charge in [0.2, 0.25) is 0 Å². The van der Waals surface area contributed by atoms with Gasteiger partial charge in [0.1, 0.15) is 0 Å². The molecule has 0 unspecified atom stereocenters. The molecule has 0 saturated carbocycles. The fourth-order valence-electron chi connectivity index (χ4n) is 2.09. The lowest BCUT2D eigenvalue weighted by Crippen LogP contribution is -2.45. The second-order valence-electron chi connectivity index (χ2n) is 4.79. The van der Waals surface area contributed by atoms with Crippen molar-refractivity contribution in [1.82, 2.24) is 14.2 Å². The summed E-state index contributed by atoms with van der Waals surface area (Å²) in [6.07, 6.45) is 1.39. The molecule has 0 spiro atoms. The van der Waals surface area contributed by atoms with Gasteiger partial charge in [-0.25, -0.2) is 0 Å². The lowest BCUT2D eigenvalue weighted by molar-refractivity contribution is 0.169. The summed E-state index contributed by atoms with van der Waals surface area (Å²) in [5, 5.41) is 12.7. The van der Waals surface area contributed by atoms with Gasteiger partial charge in [-0.1, -0.05) is 5.16 Å². The maximum Gasteiger partial charge on any atom is 0.279 e. The highest BCUT2D eigenvalue weighted by Gasteiger charge is 2.27. The third-order valence-electron chi connectivity index (χ3n) is 3.28. The second-order valence-corrected chi connectivity index (χ2v) is 6.54. The Morgan fingerprint density at radius 2 is 2.21 bits per heavy atom. The summed E-state index contributed by atoms with van der Waals surface area (Å²) in [5.74, 6) is 0.703. The van der Waals surface area contributed by atoms with Gasteiger partial charge in [-0.05, 0) is 25.7 Å². The molecule has 108 valence electrons. The van der Waals surface area contributed by atoms with Crippen LogP contribution < -0.4 is 4.72 Å². The van der Waals surface area contributed by atoms with E-state index in [-0.39, 0.29) is 19.1 Å². The Kier molecular flexibility index (Phi) is 4.56. The van der Waals surface area contributed by atoms with E-state index in [9.17, 15) is 8.42 Å². The number of piperidine rings is 1. The molecule has 1 saturated heterocycles. The lowest BCUT2D eigenvalue weighted by atomic mass is 10.00. The number of rotatable bonds is 5. The standard InChI is InChI=1S/C11H19N3O4S/c1-9-6-11(18-13-9)7-12-19(16,17)14-4-2-10(8-15)3-5-14/h6,10,12,15H,2-5,7-8H2,1H3. The largest absolute Gasteiger partial charge is 0.396 e. The van der Waals surface area contributed by atoms with Gasteiger partial charge in [-0.2, -0.15) is 17.4 Å². The third kappa shape index (κ3) is 3.75. The molecule has 7 nitrogen and oxygen atoms in total. The van der Waals surface area contributed by atoms with Gasteiger partial charge in [0, 0.05) is 25.8 Å². The van der Waals surface area contributed by atoms with E-state index in [1.54, 1.807) is 13.0 Å². The van der Waals surface area contributed by atoms with Crippen LogP contribution in [0.25, 0.3) is 0 Å². The maximum atomic E-state index is 12.1. The number of aliphatic hydroxyl groups excluding tert-OH is 1. The fourth-order valence-corrected chi connectivity index (χ4v) is 3.28. The van der Waals surface area contributed by atoms with Crippen LogP contribution in [0.15, 0.2) is 10.6 Å². The molecule has 0 aliphatic carbocycles. The molecule has 2 rings (SSSR count). The summed E-state index contributed by atoms with van der Waals surface area (Å²) in [7, 11) is -3.49. The van der Waals surface area contributed by atoms with E-state index in [2.05, 4.69) is 9.88 Å². The molecule has 1 aliphatic heterocycles. The van der Waals surface area contributed by atoms with Crippen LogP contribution in [0.5, 0.6) is 0 Å². The second kappa shape index (κ2) is 6.00. The van der Waals surface area contributed by atoms with Gasteiger partial charge in [0.05, 0.1) is 12.2 Å². The monoisotopic (exact) mass is 289 g/mol. The van der Waals surface area contributed by atoms with E-state index < -0.39 is 10.2 Å². The number of aliphatic hydroxyl groups is 1. The Labute approximate surface area is 112 Å². The van der Waals surface area contributed by atoms with Crippen molar-refractivity contribution in [2.24, 2.45) is 5.92 Å². The van der Waals surface area contributed by atoms with Gasteiger partial charge in [0.15, 0.2) is 5.76 Å². The van der Waals surface area contributed by atoms with Crippen LogP contribution in [0.3, 0.4) is 0 Å². The van der Waals surface area contributed by atoms with Gasteiger partial charge >= 0.3 is 0 Å². The molecular formula is C11H19N3O4S. The number of hydrogen-bond acceptors (Lipinski definition) is 5. The average molecular weight is 289 g/mol. The predicted molar refractivity (Wildman–Crippen MR) is 68.4 cm³/mol. The minimum absolute atomic E-state index is 0.100. The van der Waals surface area contributed by atoms with Crippen molar-refractivity contribution in [3.05, 3.63) is 17.5 Å². The van der Waals surface area contributed by atoms with E-state index >= 15 is 0 Å². The molecule has 2 N–H and O–H groups in total. The molecule has 0 atom stereocenters. The van der Waals surface area contributed by atoms with E-state index in [4.69, 9.17) is 9.63 Å². The van der Waals surface area contributed by atoms with E-state index in [1.807, 2.05) is 0 Å². The van der Waals surface area contributed by atoms with Crippen molar-refractivity contribution >= 4 is 10.2 Å². The van der Waals surface area contributed by atoms with Gasteiger partial charge < -0.3 is 9.63 Å². The zero-order chi connectivity index (χ0) is 13.9. The number of aromatic nitrogens is 1. The molecule has 0 radical (unpaired) electrons. The number of hydrogen-bond donors (Lipinski definition) is 2. The van der Waals surface area contributed by atoms with Crippen LogP contribution in [0.1, 0.15) is 24.3 Å². The Balaban J connectivity index is 1.88. The number of aryl methyl sites for hydroxylation is 1. The molecule has 0 bridgehead atoms. The van der Waals surface area contributed by atoms with E-state index in [0.29, 0.717) is 31.7 Å². The summed E-state index contributed by atoms with van der Waals surface area (Å²) in [4.78, 5) is 0. The van der Waals surface area contributed by atoms with Crippen LogP contribution in [0, 0.1) is 12.8 Å². The highest BCUT2D eigenvalue weighted by atomic mass is 32.2. The van der Waals surface area contributed by atoms with Crippen molar-refractivity contribution in [3.8, 4) is 0 Å². The summed E-state index contributed by atoms with van der Waals surface area (Å²) >= 11 is 0. The Hall–Kier alpha value is -0.960. The highest BCUT2D eigenvalue weighted by molar-refractivity contribution is 7.87. The first kappa shape index (κ1) is 14.4. The quantitative estimate of drug-likeness (QED) is 0.797. The molecule has 1 fully saturated rings. The first-order chi connectivity index (χ1) is 9.01. The lowest BCUT2D eigenvalue weighted by Gasteiger charge is -2.30. The van der Waals surface area contributed by atoms with Gasteiger partial charge in [0.25, 0.3) is 10.2 Å². The van der Waals surface area contributed by atoms with E-state index in [0.717, 1.165) is 5.69 Å². The minimum Gasteiger partial charge on any atom is -0.396 e. The van der Waals surface area contributed by atoms with Crippen molar-refractivity contribution in [1.29, 1.82) is 0 Å². The molecule has 19 heavy (non-hydrogen) atoms. The Morgan fingerprint density at radius 1 is 1.53 bits per heavy atom. The number of nitrogens with zero attached hydrogens (tertiary/aromatic N) is 2. The zero-order valence-electron chi connectivity index (χ0n) is 10.9. The van der Waals surface area contributed by atoms with Crippen LogP contribution >= 0.6 is 0 Å². The Bertz CT molecular complexity index is 506. The zero-order valence-corrected chi connectivity index (χ0v) is 11.7. The van der Waals surface area contributed by atoms with Crippen LogP contribution in [0.4, 0.5) is 0 Å². The molecule has 1 aromatic rings. The molecular weight excluding hydrogens is 270 g/mol. The smallest absolute Gasteiger partial charge is 0.279 e. The van der Waals surface area contributed by atoms with Crippen molar-refractivity contribution in [2.45, 2.75) is 26.3 Å². The van der Waals surface area contributed by atoms with Crippen LogP contribution in [0.2, 0.25) is 0 Å². The summed E-state index contributed by atoms with van der Waals surface area (Å²) in [6, 6.07) is 1.69. The summed E-state index contributed by atoms with van der Waals surface area (Å²) < 4.78 is 33.0. The van der Waals surface area contributed by atoms with E-state index in [1.165, 1.54) is 4.31 Å². The van der Waals surface area contributed by atoms with Crippen molar-refractivity contribution in [3.63, 3.8) is 0 Å². The molecule has 1 aromatic heterocycles. The topological polar surface area (TPSA) is 95.7 Å². The molecule has 2 heterocycles. The SMILES string of the molecule is Cc1cc(CNS(=O)(=O)N2CCC(CO)CC2)on1. The minimum atomic E-state index is -3.49. The summed E-state index contributed by atoms with van der Waals surface area (Å²) in [5.41, 5.74) is 0.720.